The van der Waals surface area contributed by atoms with Crippen LogP contribution in [0.15, 0.2) is 0 Å². The van der Waals surface area contributed by atoms with Gasteiger partial charge in [-0.25, -0.2) is 0 Å². The average molecular weight is 630 g/mol. The van der Waals surface area contributed by atoms with E-state index in [-0.39, 0.29) is 36.3 Å². The first-order valence-electron chi connectivity index (χ1n) is 16.0. The van der Waals surface area contributed by atoms with Crippen LogP contribution in [0.25, 0.3) is 0 Å². The minimum Gasteiger partial charge on any atom is -0.459 e. The highest BCUT2D eigenvalue weighted by atomic mass is 16.7. The topological polar surface area (TPSA) is 152 Å². The van der Waals surface area contributed by atoms with Crippen molar-refractivity contribution in [1.82, 2.24) is 4.90 Å². The molecule has 2 fully saturated rings. The fourth-order valence-corrected chi connectivity index (χ4v) is 6.80. The van der Waals surface area contributed by atoms with Crippen molar-refractivity contribution in [2.24, 2.45) is 23.7 Å². The lowest BCUT2D eigenvalue weighted by Crippen LogP contribution is -2.62. The zero-order valence-corrected chi connectivity index (χ0v) is 29.1. The Morgan fingerprint density at radius 1 is 1.00 bits per heavy atom. The second-order valence-electron chi connectivity index (χ2n) is 14.7. The van der Waals surface area contributed by atoms with Crippen LogP contribution in [0.5, 0.6) is 0 Å². The van der Waals surface area contributed by atoms with E-state index >= 15 is 0 Å². The number of aliphatic hydroxyl groups is 3. The molecule has 11 heteroatoms. The number of Topliss-reactive ketones (excluding diaryl/α,β-unsaturated/α-hetero) is 2. The first-order valence-corrected chi connectivity index (χ1v) is 16.0. The molecule has 0 spiro atoms. The summed E-state index contributed by atoms with van der Waals surface area (Å²) in [5, 5.41) is 34.0. The van der Waals surface area contributed by atoms with Crippen molar-refractivity contribution >= 4 is 17.5 Å². The van der Waals surface area contributed by atoms with E-state index in [2.05, 4.69) is 25.7 Å². The molecule has 3 N–H and O–H groups in total. The Labute approximate surface area is 263 Å². The van der Waals surface area contributed by atoms with E-state index < -0.39 is 77.3 Å². The van der Waals surface area contributed by atoms with Crippen molar-refractivity contribution in [2.75, 3.05) is 14.2 Å². The molecule has 0 radical (unpaired) electrons. The van der Waals surface area contributed by atoms with Gasteiger partial charge in [0.1, 0.15) is 29.5 Å². The number of cyclic esters (lactones) is 1. The number of methoxy groups -OCH3 is 1. The average Bonchev–Trinajstić information content (AvgIpc) is 2.95. The van der Waals surface area contributed by atoms with Gasteiger partial charge in [0.05, 0.1) is 23.9 Å². The van der Waals surface area contributed by atoms with Crippen LogP contribution in [0, 0.1) is 23.7 Å². The summed E-state index contributed by atoms with van der Waals surface area (Å²) in [7, 11) is 3.39. The molecule has 0 unspecified atom stereocenters. The molecule has 44 heavy (non-hydrogen) atoms. The number of carbonyl (C=O) groups is 3. The summed E-state index contributed by atoms with van der Waals surface area (Å²) in [6.07, 6.45) is -5.44. The van der Waals surface area contributed by atoms with Gasteiger partial charge < -0.3 is 34.3 Å². The molecule has 2 heterocycles. The fourth-order valence-electron chi connectivity index (χ4n) is 6.80. The van der Waals surface area contributed by atoms with Gasteiger partial charge in [0.2, 0.25) is 0 Å². The largest absolute Gasteiger partial charge is 0.459 e. The summed E-state index contributed by atoms with van der Waals surface area (Å²) >= 11 is 0. The maximum Gasteiger partial charge on any atom is 0.316 e. The summed E-state index contributed by atoms with van der Waals surface area (Å²) in [4.78, 5) is 43.0. The molecule has 0 saturated carbocycles. The Bertz CT molecular complexity index is 1010. The predicted molar refractivity (Wildman–Crippen MR) is 165 cm³/mol. The van der Waals surface area contributed by atoms with Crippen LogP contribution in [0.2, 0.25) is 0 Å². The normalized spacial score (nSPS) is 43.9. The zero-order chi connectivity index (χ0) is 34.1. The van der Waals surface area contributed by atoms with Crippen LogP contribution < -0.4 is 0 Å². The van der Waals surface area contributed by atoms with Crippen LogP contribution >= 0.6 is 0 Å². The van der Waals surface area contributed by atoms with Crippen molar-refractivity contribution in [3.63, 3.8) is 0 Å². The molecular formula is C33H59NO10. The summed E-state index contributed by atoms with van der Waals surface area (Å²) in [5.41, 5.74) is -3.47. The lowest BCUT2D eigenvalue weighted by Gasteiger charge is -2.49. The molecule has 11 nitrogen and oxygen atoms in total. The van der Waals surface area contributed by atoms with E-state index in [1.165, 1.54) is 27.9 Å². The predicted octanol–water partition coefficient (Wildman–Crippen LogP) is 2.89. The van der Waals surface area contributed by atoms with Gasteiger partial charge in [0.25, 0.3) is 0 Å². The van der Waals surface area contributed by atoms with E-state index in [1.807, 2.05) is 14.0 Å². The van der Waals surface area contributed by atoms with Crippen molar-refractivity contribution in [3.05, 3.63) is 0 Å². The third-order valence-corrected chi connectivity index (χ3v) is 10.2. The van der Waals surface area contributed by atoms with Gasteiger partial charge in [-0.3, -0.25) is 19.3 Å². The third-order valence-electron chi connectivity index (χ3n) is 10.2. The summed E-state index contributed by atoms with van der Waals surface area (Å²) in [5.74, 6) is -5.58. The number of aliphatic hydroxyl groups excluding tert-OH is 2. The quantitative estimate of drug-likeness (QED) is 0.304. The third kappa shape index (κ3) is 8.08. The Balaban J connectivity index is 2.62. The summed E-state index contributed by atoms with van der Waals surface area (Å²) in [6.45, 7) is 19.1. The minimum atomic E-state index is -1.95. The number of likely N-dealkylation sites (N-methyl/N-ethyl adjacent to an activating group) is 1. The van der Waals surface area contributed by atoms with E-state index in [0.29, 0.717) is 6.42 Å². The SMILES string of the molecule is CC[C@H]1OC(=O)[C@H](C)C(=O)[C@H](C)[C@@H](O[C@@H]2O[C@H](C)C[C@H](N(C)C(C)(C)C)[C@H]2O)[C@](C)(OC)C[C@@H](C)C(=O)[C@H](C)[C@@H](O)[C@]1(C)O. The molecule has 13 atom stereocenters. The molecule has 0 aromatic heterocycles. The second-order valence-corrected chi connectivity index (χ2v) is 14.7. The molecule has 2 rings (SSSR count). The van der Waals surface area contributed by atoms with Gasteiger partial charge in [-0.15, -0.1) is 0 Å². The number of rotatable bonds is 5. The highest BCUT2D eigenvalue weighted by Crippen LogP contribution is 2.38. The summed E-state index contributed by atoms with van der Waals surface area (Å²) < 4.78 is 24.3. The van der Waals surface area contributed by atoms with Crippen molar-refractivity contribution in [2.45, 2.75) is 155 Å². The van der Waals surface area contributed by atoms with Gasteiger partial charge in [-0.2, -0.15) is 0 Å². The first kappa shape index (κ1) is 38.7. The van der Waals surface area contributed by atoms with Crippen molar-refractivity contribution in [1.29, 1.82) is 0 Å². The Kier molecular flexibility index (Phi) is 12.8. The van der Waals surface area contributed by atoms with Crippen LogP contribution in [0.4, 0.5) is 0 Å². The number of carbonyl (C=O) groups excluding carboxylic acids is 3. The molecular weight excluding hydrogens is 570 g/mol. The number of nitrogens with zero attached hydrogens (tertiary/aromatic N) is 1. The lowest BCUT2D eigenvalue weighted by molar-refractivity contribution is -0.298. The second kappa shape index (κ2) is 14.5. The highest BCUT2D eigenvalue weighted by Gasteiger charge is 2.52. The lowest BCUT2D eigenvalue weighted by atomic mass is 9.74. The van der Waals surface area contributed by atoms with Gasteiger partial charge in [-0.05, 0) is 74.8 Å². The maximum absolute atomic E-state index is 13.9. The molecule has 0 amide bonds. The number of ketones is 2. The zero-order valence-electron chi connectivity index (χ0n) is 29.1. The van der Waals surface area contributed by atoms with Crippen molar-refractivity contribution < 1.29 is 48.7 Å². The van der Waals surface area contributed by atoms with E-state index in [9.17, 15) is 29.7 Å². The number of esters is 1. The Morgan fingerprint density at radius 2 is 1.57 bits per heavy atom. The molecule has 2 aliphatic heterocycles. The molecule has 256 valence electrons. The molecule has 0 aromatic rings. The number of hydrogen-bond donors (Lipinski definition) is 3. The number of ether oxygens (including phenoxy) is 4. The molecule has 0 aromatic carbocycles. The van der Waals surface area contributed by atoms with Crippen molar-refractivity contribution in [3.8, 4) is 0 Å². The van der Waals surface area contributed by atoms with Gasteiger partial charge in [-0.1, -0.05) is 27.7 Å². The fraction of sp³-hybridized carbons (Fsp3) is 0.909. The van der Waals surface area contributed by atoms with Crippen LogP contribution in [-0.2, 0) is 33.3 Å². The Hall–Kier alpha value is -1.47. The monoisotopic (exact) mass is 629 g/mol. The van der Waals surface area contributed by atoms with E-state index in [1.54, 1.807) is 27.7 Å². The van der Waals surface area contributed by atoms with Crippen LogP contribution in [0.1, 0.15) is 95.4 Å². The van der Waals surface area contributed by atoms with Gasteiger partial charge >= 0.3 is 5.97 Å². The van der Waals surface area contributed by atoms with Crippen LogP contribution in [-0.4, -0.2) is 112 Å². The molecule has 2 saturated heterocycles. The van der Waals surface area contributed by atoms with E-state index in [4.69, 9.17) is 18.9 Å². The molecule has 0 aliphatic carbocycles. The maximum atomic E-state index is 13.9. The van der Waals surface area contributed by atoms with Gasteiger partial charge in [0, 0.05) is 36.4 Å². The Morgan fingerprint density at radius 3 is 2.07 bits per heavy atom. The smallest absolute Gasteiger partial charge is 0.316 e. The van der Waals surface area contributed by atoms with Crippen LogP contribution in [0.3, 0.4) is 0 Å². The minimum absolute atomic E-state index is 0.0869. The first-order chi connectivity index (χ1) is 20.0. The van der Waals surface area contributed by atoms with E-state index in [0.717, 1.165) is 0 Å². The summed E-state index contributed by atoms with van der Waals surface area (Å²) in [6, 6.07) is -0.308. The van der Waals surface area contributed by atoms with Gasteiger partial charge in [0.15, 0.2) is 12.1 Å². The highest BCUT2D eigenvalue weighted by molar-refractivity contribution is 6.00. The molecule has 0 bridgehead atoms. The standard InChI is InChI=1S/C33H59NO10/c1-14-23-33(11,40)27(38)19(4)24(35)17(2)16-32(10,41-13)28(20(5)25(36)21(6)29(39)43-23)44-30-26(37)22(15-18(3)42-30)34(12)31(7,8)9/h17-23,26-28,30,37-38,40H,14-16H2,1-13H3/t17-,18-,19+,20+,21-,22+,23-,26-,27-,28-,30+,32-,33-/m1/s1. The number of hydrogen-bond acceptors (Lipinski definition) is 11. The molecule has 2 aliphatic rings.